The summed E-state index contributed by atoms with van der Waals surface area (Å²) in [5.41, 5.74) is 15.9. The van der Waals surface area contributed by atoms with E-state index in [0.29, 0.717) is 0 Å². The van der Waals surface area contributed by atoms with E-state index in [1.54, 1.807) is 0 Å². The molecular weight excluding hydrogens is 651 g/mol. The van der Waals surface area contributed by atoms with Gasteiger partial charge in [0.15, 0.2) is 0 Å². The molecule has 0 atom stereocenters. The van der Waals surface area contributed by atoms with Gasteiger partial charge in [0.05, 0.1) is 5.69 Å². The lowest BCUT2D eigenvalue weighted by Gasteiger charge is -2.30. The Hall–Kier alpha value is -6.70. The van der Waals surface area contributed by atoms with Crippen molar-refractivity contribution in [1.29, 1.82) is 0 Å². The highest BCUT2D eigenvalue weighted by atomic mass is 15.1. The molecule has 0 bridgehead atoms. The fraction of sp³-hybridized carbons (Fsp3) is 0.0566. The molecule has 0 fully saturated rings. The van der Waals surface area contributed by atoms with Crippen LogP contribution in [-0.4, -0.2) is 0 Å². The van der Waals surface area contributed by atoms with Gasteiger partial charge >= 0.3 is 0 Å². The zero-order valence-electron chi connectivity index (χ0n) is 30.5. The minimum Gasteiger partial charge on any atom is -0.310 e. The van der Waals surface area contributed by atoms with E-state index in [1.165, 1.54) is 82.9 Å². The van der Waals surface area contributed by atoms with Crippen molar-refractivity contribution in [2.75, 3.05) is 4.90 Å². The summed E-state index contributed by atoms with van der Waals surface area (Å²) in [6, 6.07) is 73.4. The van der Waals surface area contributed by atoms with Gasteiger partial charge in [-0.2, -0.15) is 0 Å². The van der Waals surface area contributed by atoms with Crippen molar-refractivity contribution < 1.29 is 0 Å². The first-order valence-electron chi connectivity index (χ1n) is 18.9. The van der Waals surface area contributed by atoms with Gasteiger partial charge in [-0.25, -0.2) is 0 Å². The third-order valence-corrected chi connectivity index (χ3v) is 11.5. The van der Waals surface area contributed by atoms with Crippen LogP contribution in [0.4, 0.5) is 17.1 Å². The molecule has 54 heavy (non-hydrogen) atoms. The Morgan fingerprint density at radius 1 is 0.352 bits per heavy atom. The molecular formula is C53H39N. The fourth-order valence-corrected chi connectivity index (χ4v) is 8.83. The van der Waals surface area contributed by atoms with Crippen molar-refractivity contribution in [2.24, 2.45) is 0 Å². The second-order valence-corrected chi connectivity index (χ2v) is 14.9. The summed E-state index contributed by atoms with van der Waals surface area (Å²) in [6.07, 6.45) is 0. The van der Waals surface area contributed by atoms with E-state index in [4.69, 9.17) is 0 Å². The summed E-state index contributed by atoms with van der Waals surface area (Å²) in [6.45, 7) is 4.72. The van der Waals surface area contributed by atoms with E-state index in [1.807, 2.05) is 0 Å². The molecule has 0 heterocycles. The van der Waals surface area contributed by atoms with Gasteiger partial charge < -0.3 is 4.90 Å². The second-order valence-electron chi connectivity index (χ2n) is 14.9. The first-order valence-corrected chi connectivity index (χ1v) is 18.9. The highest BCUT2D eigenvalue weighted by Gasteiger charge is 2.37. The zero-order valence-corrected chi connectivity index (χ0v) is 30.5. The molecule has 9 aromatic carbocycles. The van der Waals surface area contributed by atoms with E-state index in [0.717, 1.165) is 11.4 Å². The quantitative estimate of drug-likeness (QED) is 0.157. The molecule has 1 aliphatic rings. The van der Waals surface area contributed by atoms with E-state index < -0.39 is 0 Å². The van der Waals surface area contributed by atoms with Crippen LogP contribution in [0.15, 0.2) is 200 Å². The van der Waals surface area contributed by atoms with Crippen molar-refractivity contribution in [2.45, 2.75) is 19.3 Å². The molecule has 1 aliphatic carbocycles. The Morgan fingerprint density at radius 2 is 0.926 bits per heavy atom. The van der Waals surface area contributed by atoms with Crippen LogP contribution < -0.4 is 4.90 Å². The monoisotopic (exact) mass is 689 g/mol. The van der Waals surface area contributed by atoms with Gasteiger partial charge in [-0.1, -0.05) is 178 Å². The number of hydrogen-bond donors (Lipinski definition) is 0. The number of nitrogens with zero attached hydrogens (tertiary/aromatic N) is 1. The van der Waals surface area contributed by atoms with Gasteiger partial charge in [0.2, 0.25) is 0 Å². The Bertz CT molecular complexity index is 2830. The van der Waals surface area contributed by atoms with Gasteiger partial charge in [0, 0.05) is 22.4 Å². The topological polar surface area (TPSA) is 3.24 Å². The highest BCUT2D eigenvalue weighted by molar-refractivity contribution is 6.13. The summed E-state index contributed by atoms with van der Waals surface area (Å²) < 4.78 is 0. The van der Waals surface area contributed by atoms with Crippen molar-refractivity contribution in [3.63, 3.8) is 0 Å². The minimum absolute atomic E-state index is 0.110. The molecule has 10 rings (SSSR count). The van der Waals surface area contributed by atoms with Gasteiger partial charge in [0.25, 0.3) is 0 Å². The average molecular weight is 690 g/mol. The molecule has 0 N–H and O–H groups in total. The van der Waals surface area contributed by atoms with Crippen molar-refractivity contribution in [1.82, 2.24) is 0 Å². The summed E-state index contributed by atoms with van der Waals surface area (Å²) in [5, 5.41) is 5.09. The summed E-state index contributed by atoms with van der Waals surface area (Å²) in [5.74, 6) is 0. The van der Waals surface area contributed by atoms with Crippen LogP contribution in [-0.2, 0) is 5.41 Å². The third kappa shape index (κ3) is 5.16. The lowest BCUT2D eigenvalue weighted by molar-refractivity contribution is 0.660. The average Bonchev–Trinajstić information content (AvgIpc) is 3.48. The van der Waals surface area contributed by atoms with Crippen LogP contribution in [0.2, 0.25) is 0 Å². The molecule has 0 radical (unpaired) electrons. The SMILES string of the molecule is CC1(C)c2ccccc2-c2c(N(c3ccc(-c4cc5ccccc5c5ccccc45)cc3)c3ccc(-c4ccccc4)c(-c4ccccc4)c3)cccc21. The van der Waals surface area contributed by atoms with Crippen LogP contribution in [0.1, 0.15) is 25.0 Å². The molecule has 0 aromatic heterocycles. The molecule has 1 heteroatoms. The highest BCUT2D eigenvalue weighted by Crippen LogP contribution is 2.54. The fourth-order valence-electron chi connectivity index (χ4n) is 8.83. The molecule has 256 valence electrons. The van der Waals surface area contributed by atoms with E-state index in [2.05, 4.69) is 219 Å². The standard InChI is InChI=1S/C53H39N/c1-53(2)49-25-14-13-24-46(49)52-50(53)26-15-27-51(52)54(41-32-33-43(36-16-5-3-6-17-36)48(35-41)37-18-7-4-8-19-37)40-30-28-38(29-31-40)47-34-39-20-9-10-21-42(39)44-22-11-12-23-45(44)47/h3-35H,1-2H3. The molecule has 1 nitrogen and oxygen atoms in total. The van der Waals surface area contributed by atoms with Gasteiger partial charge in [-0.3, -0.25) is 0 Å². The van der Waals surface area contributed by atoms with Crippen LogP contribution in [0.25, 0.3) is 66.1 Å². The molecule has 0 amide bonds. The number of fused-ring (bicyclic) bond motifs is 6. The lowest BCUT2D eigenvalue weighted by Crippen LogP contribution is -2.16. The molecule has 0 spiro atoms. The predicted octanol–water partition coefficient (Wildman–Crippen LogP) is 14.8. The van der Waals surface area contributed by atoms with Crippen LogP contribution in [0, 0.1) is 0 Å². The number of hydrogen-bond acceptors (Lipinski definition) is 1. The Kier molecular flexibility index (Phi) is 7.56. The Balaban J connectivity index is 1.20. The van der Waals surface area contributed by atoms with E-state index in [9.17, 15) is 0 Å². The largest absolute Gasteiger partial charge is 0.310 e. The molecule has 0 unspecified atom stereocenters. The third-order valence-electron chi connectivity index (χ3n) is 11.5. The second kappa shape index (κ2) is 12.8. The van der Waals surface area contributed by atoms with Crippen LogP contribution >= 0.6 is 0 Å². The summed E-state index contributed by atoms with van der Waals surface area (Å²) >= 11 is 0. The lowest BCUT2D eigenvalue weighted by atomic mass is 9.82. The summed E-state index contributed by atoms with van der Waals surface area (Å²) in [7, 11) is 0. The number of rotatable bonds is 6. The van der Waals surface area contributed by atoms with Gasteiger partial charge in [-0.05, 0) is 108 Å². The maximum atomic E-state index is 2.47. The first kappa shape index (κ1) is 32.0. The maximum Gasteiger partial charge on any atom is 0.0543 e. The normalized spacial score (nSPS) is 12.8. The molecule has 0 saturated carbocycles. The Morgan fingerprint density at radius 3 is 1.69 bits per heavy atom. The van der Waals surface area contributed by atoms with Crippen molar-refractivity contribution in [3.8, 4) is 44.5 Å². The molecule has 0 aliphatic heterocycles. The van der Waals surface area contributed by atoms with Crippen LogP contribution in [0.5, 0.6) is 0 Å². The Labute approximate surface area is 317 Å². The predicted molar refractivity (Wildman–Crippen MR) is 230 cm³/mol. The first-order chi connectivity index (χ1) is 26.6. The minimum atomic E-state index is -0.110. The summed E-state index contributed by atoms with van der Waals surface area (Å²) in [4.78, 5) is 2.47. The van der Waals surface area contributed by atoms with E-state index in [-0.39, 0.29) is 5.41 Å². The van der Waals surface area contributed by atoms with E-state index >= 15 is 0 Å². The molecule has 0 saturated heterocycles. The van der Waals surface area contributed by atoms with Crippen LogP contribution in [0.3, 0.4) is 0 Å². The van der Waals surface area contributed by atoms with Gasteiger partial charge in [0.1, 0.15) is 0 Å². The van der Waals surface area contributed by atoms with Crippen molar-refractivity contribution in [3.05, 3.63) is 211 Å². The van der Waals surface area contributed by atoms with Gasteiger partial charge in [-0.15, -0.1) is 0 Å². The zero-order chi connectivity index (χ0) is 36.2. The smallest absolute Gasteiger partial charge is 0.0543 e. The van der Waals surface area contributed by atoms with Crippen molar-refractivity contribution >= 4 is 38.6 Å². The molecule has 9 aromatic rings. The maximum absolute atomic E-state index is 2.47. The number of benzene rings is 9. The number of anilines is 3.